The van der Waals surface area contributed by atoms with Crippen LogP contribution in [0.15, 0.2) is 41.8 Å². The van der Waals surface area contributed by atoms with Gasteiger partial charge in [-0.15, -0.1) is 23.1 Å². The van der Waals surface area contributed by atoms with E-state index in [-0.39, 0.29) is 40.8 Å². The number of hydrogen-bond donors (Lipinski definition) is 1. The molecule has 1 N–H and O–H groups in total. The predicted octanol–water partition coefficient (Wildman–Crippen LogP) is 5.58. The molecule has 4 rings (SSSR count). The molecule has 34 heavy (non-hydrogen) atoms. The van der Waals surface area contributed by atoms with Crippen molar-refractivity contribution in [3.63, 3.8) is 0 Å². The van der Waals surface area contributed by atoms with E-state index in [1.807, 2.05) is 43.5 Å². The quantitative estimate of drug-likeness (QED) is 0.480. The summed E-state index contributed by atoms with van der Waals surface area (Å²) in [5.41, 5.74) is 2.34. The summed E-state index contributed by atoms with van der Waals surface area (Å²) < 4.78 is 1.79. The second-order valence-corrected chi connectivity index (χ2v) is 12.1. The smallest absolute Gasteiger partial charge is 0.240 e. The summed E-state index contributed by atoms with van der Waals surface area (Å²) in [6.45, 7) is 10.1. The monoisotopic (exact) mass is 516 g/mol. The number of halogens is 1. The predicted molar refractivity (Wildman–Crippen MR) is 142 cm³/mol. The molecule has 3 aromatic rings. The van der Waals surface area contributed by atoms with Crippen LogP contribution in [0.1, 0.15) is 56.0 Å². The zero-order valence-electron chi connectivity index (χ0n) is 20.0. The Kier molecular flexibility index (Phi) is 7.12. The van der Waals surface area contributed by atoms with Crippen LogP contribution >= 0.6 is 34.7 Å². The van der Waals surface area contributed by atoms with Gasteiger partial charge >= 0.3 is 0 Å². The number of fused-ring (bicyclic) bond motifs is 1. The van der Waals surface area contributed by atoms with Crippen LogP contribution in [0.4, 0.5) is 5.82 Å². The van der Waals surface area contributed by atoms with Crippen LogP contribution in [0, 0.1) is 0 Å². The summed E-state index contributed by atoms with van der Waals surface area (Å²) in [4.78, 5) is 29.1. The molecule has 3 heterocycles. The average molecular weight is 517 g/mol. The van der Waals surface area contributed by atoms with E-state index in [0.29, 0.717) is 10.8 Å². The van der Waals surface area contributed by atoms with Crippen molar-refractivity contribution in [2.45, 2.75) is 51.3 Å². The van der Waals surface area contributed by atoms with Crippen LogP contribution in [-0.2, 0) is 15.0 Å². The highest BCUT2D eigenvalue weighted by atomic mass is 35.5. The third-order valence-electron chi connectivity index (χ3n) is 5.41. The number of amides is 2. The summed E-state index contributed by atoms with van der Waals surface area (Å²) in [5.74, 6) is 0.586. The highest BCUT2D eigenvalue weighted by Gasteiger charge is 2.40. The van der Waals surface area contributed by atoms with Crippen LogP contribution < -0.4 is 10.2 Å². The van der Waals surface area contributed by atoms with Gasteiger partial charge in [-0.05, 0) is 43.5 Å². The lowest BCUT2D eigenvalue weighted by Crippen LogP contribution is -2.44. The number of aromatic nitrogens is 2. The molecular formula is C25H29ClN4O2S2. The van der Waals surface area contributed by atoms with Crippen LogP contribution in [0.25, 0.3) is 5.69 Å². The molecule has 9 heteroatoms. The second-order valence-electron chi connectivity index (χ2n) is 9.64. The van der Waals surface area contributed by atoms with Gasteiger partial charge in [0.1, 0.15) is 12.4 Å². The van der Waals surface area contributed by atoms with Crippen molar-refractivity contribution in [1.82, 2.24) is 15.1 Å². The summed E-state index contributed by atoms with van der Waals surface area (Å²) in [6, 6.07) is 11.5. The molecule has 0 bridgehead atoms. The molecule has 6 nitrogen and oxygen atoms in total. The maximum atomic E-state index is 13.5. The van der Waals surface area contributed by atoms with Crippen molar-refractivity contribution in [3.8, 4) is 5.69 Å². The van der Waals surface area contributed by atoms with E-state index in [2.05, 4.69) is 32.2 Å². The Morgan fingerprint density at radius 2 is 2.03 bits per heavy atom. The van der Waals surface area contributed by atoms with Gasteiger partial charge in [-0.1, -0.05) is 44.5 Å². The van der Waals surface area contributed by atoms with Gasteiger partial charge in [-0.2, -0.15) is 5.10 Å². The summed E-state index contributed by atoms with van der Waals surface area (Å²) >= 11 is 9.59. The molecule has 0 aliphatic carbocycles. The minimum Gasteiger partial charge on any atom is -0.352 e. The van der Waals surface area contributed by atoms with Crippen molar-refractivity contribution < 1.29 is 9.59 Å². The van der Waals surface area contributed by atoms with Gasteiger partial charge in [0.2, 0.25) is 11.8 Å². The van der Waals surface area contributed by atoms with Crippen molar-refractivity contribution in [1.29, 1.82) is 0 Å². The minimum absolute atomic E-state index is 0.0229. The number of thiophene rings is 1. The number of anilines is 1. The lowest BCUT2D eigenvalue weighted by atomic mass is 9.88. The molecule has 2 aromatic heterocycles. The molecule has 1 unspecified atom stereocenters. The third kappa shape index (κ3) is 5.04. The zero-order valence-corrected chi connectivity index (χ0v) is 22.4. The minimum atomic E-state index is -0.288. The van der Waals surface area contributed by atoms with Gasteiger partial charge in [0.15, 0.2) is 0 Å². The summed E-state index contributed by atoms with van der Waals surface area (Å²) in [7, 11) is 0. The van der Waals surface area contributed by atoms with Crippen LogP contribution in [0.2, 0.25) is 5.02 Å². The fourth-order valence-electron chi connectivity index (χ4n) is 4.04. The molecule has 0 radical (unpaired) electrons. The number of hydrogen-bond acceptors (Lipinski definition) is 5. The fourth-order valence-corrected chi connectivity index (χ4v) is 6.40. The average Bonchev–Trinajstić information content (AvgIpc) is 3.38. The fraction of sp³-hybridized carbons (Fsp3) is 0.400. The maximum absolute atomic E-state index is 13.5. The second kappa shape index (κ2) is 9.76. The molecule has 0 fully saturated rings. The first-order chi connectivity index (χ1) is 16.1. The number of thioether (sulfide) groups is 1. The van der Waals surface area contributed by atoms with E-state index < -0.39 is 0 Å². The molecular weight excluding hydrogens is 488 g/mol. The molecule has 0 saturated heterocycles. The van der Waals surface area contributed by atoms with E-state index in [9.17, 15) is 9.59 Å². The lowest BCUT2D eigenvalue weighted by Gasteiger charge is -2.24. The van der Waals surface area contributed by atoms with Crippen molar-refractivity contribution in [3.05, 3.63) is 62.9 Å². The SMILES string of the molecule is CC(C)NC(=O)CN1C(=O)CSC(c2cccs2)c2c(C(C)(C)C)nn(-c3cccc(Cl)c3)c21. The van der Waals surface area contributed by atoms with Gasteiger partial charge in [0.25, 0.3) is 0 Å². The summed E-state index contributed by atoms with van der Waals surface area (Å²) in [6.07, 6.45) is 0. The van der Waals surface area contributed by atoms with E-state index in [1.165, 1.54) is 0 Å². The third-order valence-corrected chi connectivity index (χ3v) is 7.96. The van der Waals surface area contributed by atoms with Gasteiger partial charge in [0, 0.05) is 26.9 Å². The molecule has 1 aliphatic rings. The summed E-state index contributed by atoms with van der Waals surface area (Å²) in [5, 5.41) is 10.5. The van der Waals surface area contributed by atoms with Crippen molar-refractivity contribution in [2.75, 3.05) is 17.2 Å². The van der Waals surface area contributed by atoms with Crippen molar-refractivity contribution in [2.24, 2.45) is 0 Å². The van der Waals surface area contributed by atoms with Crippen LogP contribution in [0.5, 0.6) is 0 Å². The van der Waals surface area contributed by atoms with Crippen LogP contribution in [0.3, 0.4) is 0 Å². The number of rotatable bonds is 5. The Balaban J connectivity index is 2.00. The number of nitrogens with zero attached hydrogens (tertiary/aromatic N) is 3. The molecule has 180 valence electrons. The number of carbonyl (C=O) groups is 2. The molecule has 0 saturated carbocycles. The van der Waals surface area contributed by atoms with Gasteiger partial charge in [-0.25, -0.2) is 4.68 Å². The zero-order chi connectivity index (χ0) is 24.6. The van der Waals surface area contributed by atoms with E-state index >= 15 is 0 Å². The highest BCUT2D eigenvalue weighted by Crippen LogP contribution is 2.49. The Bertz CT molecular complexity index is 1200. The number of carbonyl (C=O) groups excluding carboxylic acids is 2. The Labute approximate surface area is 213 Å². The largest absolute Gasteiger partial charge is 0.352 e. The molecule has 1 aliphatic heterocycles. The Hall–Kier alpha value is -2.29. The van der Waals surface area contributed by atoms with Gasteiger partial charge < -0.3 is 5.32 Å². The van der Waals surface area contributed by atoms with Crippen LogP contribution in [-0.4, -0.2) is 39.9 Å². The highest BCUT2D eigenvalue weighted by molar-refractivity contribution is 8.00. The topological polar surface area (TPSA) is 67.2 Å². The molecule has 0 spiro atoms. The molecule has 1 aromatic carbocycles. The number of nitrogens with one attached hydrogen (secondary N) is 1. The molecule has 1 atom stereocenters. The molecule has 2 amide bonds. The van der Waals surface area contributed by atoms with E-state index in [1.54, 1.807) is 38.7 Å². The van der Waals surface area contributed by atoms with E-state index in [4.69, 9.17) is 16.7 Å². The normalized spacial score (nSPS) is 16.5. The maximum Gasteiger partial charge on any atom is 0.240 e. The first-order valence-electron chi connectivity index (χ1n) is 11.2. The number of benzene rings is 1. The van der Waals surface area contributed by atoms with Gasteiger partial charge in [0.05, 0.1) is 22.4 Å². The Morgan fingerprint density at radius 1 is 1.26 bits per heavy atom. The standard InChI is InChI=1S/C25H29ClN4O2S2/c1-15(2)27-19(31)13-29-20(32)14-34-22(18-10-7-11-33-18)21-23(25(3,4)5)28-30(24(21)29)17-9-6-8-16(26)12-17/h6-12,15,22H,13-14H2,1-5H3,(H,27,31). The first-order valence-corrected chi connectivity index (χ1v) is 13.5. The first kappa shape index (κ1) is 24.8. The Morgan fingerprint density at radius 3 is 2.65 bits per heavy atom. The van der Waals surface area contributed by atoms with E-state index in [0.717, 1.165) is 21.8 Å². The van der Waals surface area contributed by atoms with Crippen molar-refractivity contribution >= 4 is 52.3 Å². The lowest BCUT2D eigenvalue weighted by molar-refractivity contribution is -0.123. The van der Waals surface area contributed by atoms with Gasteiger partial charge in [-0.3, -0.25) is 14.5 Å².